The average Bonchev–Trinajstić information content (AvgIpc) is 3.19. The summed E-state index contributed by atoms with van der Waals surface area (Å²) in [6.45, 7) is -0.560. The number of benzene rings is 4. The van der Waals surface area contributed by atoms with E-state index < -0.39 is 119 Å². The zero-order valence-corrected chi connectivity index (χ0v) is 35.7. The Balaban J connectivity index is 1.66. The van der Waals surface area contributed by atoms with Crippen molar-refractivity contribution < 1.29 is 94.7 Å². The van der Waals surface area contributed by atoms with Gasteiger partial charge < -0.3 is 15.7 Å². The molecule has 0 saturated heterocycles. The molecular formula is C29H24F2N8O19S6. The summed E-state index contributed by atoms with van der Waals surface area (Å²) in [5.74, 6) is -4.52. The predicted octanol–water partition coefficient (Wildman–Crippen LogP) is 6.14. The van der Waals surface area contributed by atoms with Gasteiger partial charge >= 0.3 is 6.08 Å². The van der Waals surface area contributed by atoms with Gasteiger partial charge in [0.25, 0.3) is 30.4 Å². The van der Waals surface area contributed by atoms with Gasteiger partial charge in [0, 0.05) is 22.5 Å². The highest BCUT2D eigenvalue weighted by Crippen LogP contribution is 2.48. The number of rotatable bonds is 21. The molecule has 0 unspecified atom stereocenters. The maximum Gasteiger partial charge on any atom is 0.313 e. The zero-order valence-electron chi connectivity index (χ0n) is 30.8. The van der Waals surface area contributed by atoms with Crippen molar-refractivity contribution in [3.8, 4) is 5.75 Å². The molecule has 0 aliphatic rings. The summed E-state index contributed by atoms with van der Waals surface area (Å²) >= 11 is 0.177. The molecule has 1 aromatic heterocycles. The van der Waals surface area contributed by atoms with Crippen LogP contribution in [0.15, 0.2) is 101 Å². The first kappa shape index (κ1) is 49.8. The van der Waals surface area contributed by atoms with E-state index in [0.29, 0.717) is 12.1 Å². The Morgan fingerprint density at radius 3 is 2.06 bits per heavy atom. The molecule has 0 aliphatic carbocycles. The monoisotopic (exact) mass is 1020 g/mol. The van der Waals surface area contributed by atoms with Gasteiger partial charge in [-0.1, -0.05) is 10.1 Å². The van der Waals surface area contributed by atoms with Gasteiger partial charge in [-0.3, -0.25) is 17.8 Å². The molecule has 0 fully saturated rings. The second-order valence-corrected chi connectivity index (χ2v) is 19.3. The molecule has 0 aliphatic heterocycles. The van der Waals surface area contributed by atoms with Gasteiger partial charge in [-0.2, -0.15) is 44.0 Å². The highest BCUT2D eigenvalue weighted by atomic mass is 32.2. The molecule has 5 rings (SSSR count). The average molecular weight is 1020 g/mol. The van der Waals surface area contributed by atoms with Crippen molar-refractivity contribution in [3.05, 3.63) is 72.7 Å². The van der Waals surface area contributed by atoms with Crippen molar-refractivity contribution in [3.63, 3.8) is 0 Å². The summed E-state index contributed by atoms with van der Waals surface area (Å²) < 4.78 is 168. The van der Waals surface area contributed by atoms with Crippen LogP contribution in [0.2, 0.25) is 0 Å². The van der Waals surface area contributed by atoms with Crippen LogP contribution < -0.4 is 10.6 Å². The van der Waals surface area contributed by atoms with E-state index in [1.807, 2.05) is 0 Å². The van der Waals surface area contributed by atoms with Gasteiger partial charge in [-0.15, -0.1) is 29.1 Å². The fraction of sp³-hybridized carbons (Fsp3) is 0.103. The van der Waals surface area contributed by atoms with Crippen LogP contribution in [-0.2, 0) is 63.1 Å². The quantitative estimate of drug-likeness (QED) is 0.00597. The molecule has 0 bridgehead atoms. The molecule has 0 atom stereocenters. The van der Waals surface area contributed by atoms with E-state index in [1.165, 1.54) is 0 Å². The van der Waals surface area contributed by atoms with Crippen LogP contribution in [0.25, 0.3) is 10.8 Å². The first-order valence-electron chi connectivity index (χ1n) is 16.2. The minimum atomic E-state index is -5.26. The van der Waals surface area contributed by atoms with E-state index in [1.54, 1.807) is 0 Å². The fourth-order valence-corrected chi connectivity index (χ4v) is 8.63. The summed E-state index contributed by atoms with van der Waals surface area (Å²) in [5.41, 5.74) is -2.86. The van der Waals surface area contributed by atoms with Crippen molar-refractivity contribution in [2.24, 2.45) is 20.5 Å². The summed E-state index contributed by atoms with van der Waals surface area (Å²) in [7, 11) is -19.4. The zero-order chi connectivity index (χ0) is 47.0. The number of azo groups is 2. The van der Waals surface area contributed by atoms with Crippen LogP contribution in [0.5, 0.6) is 5.75 Å². The van der Waals surface area contributed by atoms with Crippen LogP contribution in [0.1, 0.15) is 0 Å². The smallest absolute Gasteiger partial charge is 0.313 e. The van der Waals surface area contributed by atoms with Gasteiger partial charge in [-0.25, -0.2) is 18.9 Å². The number of nitrogens with one attached hydrogen (secondary N) is 2. The summed E-state index contributed by atoms with van der Waals surface area (Å²) in [6, 6.07) is 8.94. The van der Waals surface area contributed by atoms with E-state index in [9.17, 15) is 61.2 Å². The lowest BCUT2D eigenvalue weighted by Gasteiger charge is -2.14. The van der Waals surface area contributed by atoms with Gasteiger partial charge in [0.2, 0.25) is 5.95 Å². The molecule has 4 aromatic carbocycles. The Morgan fingerprint density at radius 1 is 0.719 bits per heavy atom. The number of anilines is 3. The maximum absolute atomic E-state index is 13.7. The van der Waals surface area contributed by atoms with Crippen molar-refractivity contribution in [2.45, 2.75) is 19.6 Å². The molecule has 0 amide bonds. The number of sulfone groups is 1. The number of hydrogen-bond donors (Lipinski definition) is 8. The van der Waals surface area contributed by atoms with Crippen molar-refractivity contribution in [1.29, 1.82) is 0 Å². The SMILES string of the molecule is O=S(=O)(O)CNc1ccc2c(O)c(N=Nc3ccc(S(=O)(=O)CCOSOOO)cc3S(=O)(=O)O)c(SOOO)cc2c1N=Nc1cc(Nc2cc(F)nc(F)n2)ccc1S(=O)(=O)O. The second-order valence-electron chi connectivity index (χ2n) is 11.7. The van der Waals surface area contributed by atoms with E-state index in [4.69, 9.17) is 14.7 Å². The molecule has 0 saturated carbocycles. The minimum Gasteiger partial charge on any atom is -0.505 e. The molecular weight excluding hydrogens is 995 g/mol. The largest absolute Gasteiger partial charge is 0.505 e. The highest BCUT2D eigenvalue weighted by molar-refractivity contribution is 7.94. The van der Waals surface area contributed by atoms with Crippen molar-refractivity contribution >= 4 is 115 Å². The fourth-order valence-electron chi connectivity index (χ4n) is 5.04. The lowest BCUT2D eigenvalue weighted by Crippen LogP contribution is -2.13. The van der Waals surface area contributed by atoms with Gasteiger partial charge in [0.15, 0.2) is 27.9 Å². The number of halogens is 2. The number of nitrogens with zero attached hydrogens (tertiary/aromatic N) is 6. The van der Waals surface area contributed by atoms with Gasteiger partial charge in [0.1, 0.15) is 44.2 Å². The third-order valence-corrected chi connectivity index (χ3v) is 12.6. The topological polar surface area (TPSA) is 403 Å². The third-order valence-electron chi connectivity index (χ3n) is 7.61. The first-order chi connectivity index (χ1) is 30.0. The molecule has 1 heterocycles. The second kappa shape index (κ2) is 20.7. The van der Waals surface area contributed by atoms with E-state index in [2.05, 4.69) is 59.8 Å². The minimum absolute atomic E-state index is 0.0710. The van der Waals surface area contributed by atoms with Crippen LogP contribution in [0, 0.1) is 12.0 Å². The lowest BCUT2D eigenvalue weighted by atomic mass is 10.1. The normalized spacial score (nSPS) is 12.7. The molecule has 0 spiro atoms. The van der Waals surface area contributed by atoms with Crippen LogP contribution in [-0.4, -0.2) is 91.2 Å². The summed E-state index contributed by atoms with van der Waals surface area (Å²) in [4.78, 5) is 3.19. The summed E-state index contributed by atoms with van der Waals surface area (Å²) in [6.07, 6.45) is -1.47. The van der Waals surface area contributed by atoms with Crippen LogP contribution >= 0.6 is 24.4 Å². The third kappa shape index (κ3) is 13.2. The molecule has 64 heavy (non-hydrogen) atoms. The number of aromatic nitrogens is 2. The Bertz CT molecular complexity index is 3080. The van der Waals surface area contributed by atoms with Crippen LogP contribution in [0.3, 0.4) is 0 Å². The Morgan fingerprint density at radius 2 is 1.41 bits per heavy atom. The number of aromatic hydroxyl groups is 1. The molecule has 8 N–H and O–H groups in total. The predicted molar refractivity (Wildman–Crippen MR) is 213 cm³/mol. The van der Waals surface area contributed by atoms with E-state index in [0.717, 1.165) is 48.5 Å². The Labute approximate surface area is 365 Å². The highest BCUT2D eigenvalue weighted by Gasteiger charge is 2.25. The molecule has 0 radical (unpaired) electrons. The van der Waals surface area contributed by atoms with E-state index in [-0.39, 0.29) is 51.4 Å². The van der Waals surface area contributed by atoms with Crippen molar-refractivity contribution in [1.82, 2.24) is 9.97 Å². The summed E-state index contributed by atoms with van der Waals surface area (Å²) in [5, 5.41) is 55.2. The van der Waals surface area contributed by atoms with Gasteiger partial charge in [0.05, 0.1) is 39.9 Å². The maximum atomic E-state index is 13.7. The molecule has 5 aromatic rings. The number of phenolic OH excluding ortho intramolecular Hbond substituents is 1. The Hall–Kier alpha value is -5.22. The molecule has 27 nitrogen and oxygen atoms in total. The van der Waals surface area contributed by atoms with E-state index >= 15 is 0 Å². The number of fused-ring (bicyclic) bond motifs is 1. The number of phenols is 1. The lowest BCUT2D eigenvalue weighted by molar-refractivity contribution is -0.434. The number of hydrogen-bond acceptors (Lipinski definition) is 26. The van der Waals surface area contributed by atoms with Gasteiger partial charge in [-0.05, 0) is 54.6 Å². The van der Waals surface area contributed by atoms with Crippen molar-refractivity contribution in [2.75, 3.05) is 28.9 Å². The Kier molecular flexibility index (Phi) is 16.1. The van der Waals surface area contributed by atoms with Crippen LogP contribution in [0.4, 0.5) is 48.7 Å². The standard InChI is InChI=1S/C29H24F2N8O19S6/c30-24-12-25(35-29(31)34-24)33-14-1-6-22(63(48,49)50)20(9-14)37-38-26-17-11-21(59-57-55-41)27(28(40)16(17)3-5-19(26)32-13-62(45,46)47)39-36-18-4-2-15(10-23(18)64(51,52)53)61(43,44)8-7-54-60-58-56-42/h1-6,9-12,32,40-42H,7-8,13H2,(H,33,34,35)(H,45,46,47)(H,48,49,50)(H,51,52,53). The first-order valence-corrected chi connectivity index (χ1v) is 23.7. The molecule has 344 valence electrons. The molecule has 35 heteroatoms.